The highest BCUT2D eigenvalue weighted by molar-refractivity contribution is 5.88. The molecule has 4 nitrogen and oxygen atoms in total. The van der Waals surface area contributed by atoms with E-state index in [-0.39, 0.29) is 0 Å². The predicted molar refractivity (Wildman–Crippen MR) is 107 cm³/mol. The molecule has 0 atom stereocenters. The summed E-state index contributed by atoms with van der Waals surface area (Å²) in [7, 11) is 0. The van der Waals surface area contributed by atoms with Gasteiger partial charge in [-0.1, -0.05) is 36.4 Å². The van der Waals surface area contributed by atoms with Crippen LogP contribution in [0.5, 0.6) is 0 Å². The Hall–Kier alpha value is -3.14. The first-order valence-electron chi connectivity index (χ1n) is 8.47. The molecular weight excluding hydrogens is 308 g/mol. The van der Waals surface area contributed by atoms with Gasteiger partial charge in [-0.25, -0.2) is 0 Å². The van der Waals surface area contributed by atoms with Gasteiger partial charge in [0, 0.05) is 17.9 Å². The summed E-state index contributed by atoms with van der Waals surface area (Å²) in [5.41, 5.74) is 15.9. The zero-order valence-corrected chi connectivity index (χ0v) is 14.5. The summed E-state index contributed by atoms with van der Waals surface area (Å²) >= 11 is 0. The summed E-state index contributed by atoms with van der Waals surface area (Å²) < 4.78 is 0. The maximum absolute atomic E-state index is 6.30. The fraction of sp³-hybridized carbons (Fsp3) is 0.143. The van der Waals surface area contributed by atoms with Crippen molar-refractivity contribution in [2.75, 3.05) is 21.7 Å². The van der Waals surface area contributed by atoms with Crippen LogP contribution in [0, 0.1) is 13.8 Å². The molecule has 126 valence electrons. The molecule has 0 bridgehead atoms. The lowest BCUT2D eigenvalue weighted by atomic mass is 10.1. The van der Waals surface area contributed by atoms with Gasteiger partial charge in [0.2, 0.25) is 0 Å². The summed E-state index contributed by atoms with van der Waals surface area (Å²) in [6.07, 6.45) is 0. The molecule has 5 N–H and O–H groups in total. The van der Waals surface area contributed by atoms with E-state index in [0.29, 0.717) is 0 Å². The third-order valence-corrected chi connectivity index (χ3v) is 4.69. The van der Waals surface area contributed by atoms with Crippen LogP contribution in [0.15, 0.2) is 54.6 Å². The van der Waals surface area contributed by atoms with Gasteiger partial charge in [-0.05, 0) is 48.7 Å². The lowest BCUT2D eigenvalue weighted by molar-refractivity contribution is 1.16. The van der Waals surface area contributed by atoms with Crippen molar-refractivity contribution < 1.29 is 0 Å². The molecule has 3 aromatic carbocycles. The number of benzene rings is 3. The molecular formula is C21H22N4. The first-order valence-corrected chi connectivity index (χ1v) is 8.47. The standard InChI is InChI=1S/C21H22N4/c1-13-6-3-4-9-17(13)24-18-11-20-19(10-16(18)22)23-12-15-8-5-7-14(2)21(15)25-20/h3-11,23-25H,12,22H2,1-2H3. The number of nitrogens with two attached hydrogens (primary N) is 1. The molecule has 0 saturated heterocycles. The van der Waals surface area contributed by atoms with Gasteiger partial charge in [-0.3, -0.25) is 0 Å². The number of nitrogen functional groups attached to an aromatic ring is 1. The Bertz CT molecular complexity index is 947. The van der Waals surface area contributed by atoms with E-state index in [9.17, 15) is 0 Å². The van der Waals surface area contributed by atoms with Crippen molar-refractivity contribution in [3.05, 3.63) is 71.3 Å². The van der Waals surface area contributed by atoms with Crippen LogP contribution in [0.3, 0.4) is 0 Å². The lowest BCUT2D eigenvalue weighted by Gasteiger charge is -2.17. The van der Waals surface area contributed by atoms with Crippen molar-refractivity contribution in [2.24, 2.45) is 0 Å². The molecule has 3 aromatic rings. The smallest absolute Gasteiger partial charge is 0.0642 e. The van der Waals surface area contributed by atoms with Gasteiger partial charge in [-0.2, -0.15) is 0 Å². The zero-order valence-electron chi connectivity index (χ0n) is 14.5. The van der Waals surface area contributed by atoms with Crippen molar-refractivity contribution in [2.45, 2.75) is 20.4 Å². The highest BCUT2D eigenvalue weighted by Crippen LogP contribution is 2.39. The van der Waals surface area contributed by atoms with E-state index in [4.69, 9.17) is 5.73 Å². The minimum absolute atomic E-state index is 0.721. The third kappa shape index (κ3) is 2.87. The van der Waals surface area contributed by atoms with Crippen LogP contribution in [0.2, 0.25) is 0 Å². The first kappa shape index (κ1) is 15.4. The minimum Gasteiger partial charge on any atom is -0.397 e. The molecule has 0 aromatic heterocycles. The molecule has 4 rings (SSSR count). The summed E-state index contributed by atoms with van der Waals surface area (Å²) in [5, 5.41) is 10.5. The molecule has 0 radical (unpaired) electrons. The fourth-order valence-electron chi connectivity index (χ4n) is 3.21. The molecule has 4 heteroatoms. The normalized spacial score (nSPS) is 12.2. The predicted octanol–water partition coefficient (Wildman–Crippen LogP) is 5.30. The van der Waals surface area contributed by atoms with Gasteiger partial charge in [0.1, 0.15) is 0 Å². The number of para-hydroxylation sites is 2. The summed E-state index contributed by atoms with van der Waals surface area (Å²) in [6.45, 7) is 4.99. The number of aryl methyl sites for hydroxylation is 2. The van der Waals surface area contributed by atoms with Gasteiger partial charge in [-0.15, -0.1) is 0 Å². The fourth-order valence-corrected chi connectivity index (χ4v) is 3.21. The quantitative estimate of drug-likeness (QED) is 0.482. The molecule has 0 spiro atoms. The van der Waals surface area contributed by atoms with E-state index in [2.05, 4.69) is 66.2 Å². The Morgan fingerprint density at radius 1 is 0.880 bits per heavy atom. The Morgan fingerprint density at radius 2 is 1.68 bits per heavy atom. The Labute approximate surface area is 148 Å². The number of nitrogens with one attached hydrogen (secondary N) is 3. The van der Waals surface area contributed by atoms with Crippen LogP contribution in [0.25, 0.3) is 0 Å². The van der Waals surface area contributed by atoms with Crippen molar-refractivity contribution >= 4 is 34.1 Å². The van der Waals surface area contributed by atoms with E-state index in [0.717, 1.165) is 35.0 Å². The van der Waals surface area contributed by atoms with E-state index in [1.54, 1.807) is 0 Å². The van der Waals surface area contributed by atoms with Gasteiger partial charge in [0.05, 0.1) is 22.7 Å². The van der Waals surface area contributed by atoms with Gasteiger partial charge in [0.15, 0.2) is 0 Å². The molecule has 0 saturated carbocycles. The number of anilines is 6. The highest BCUT2D eigenvalue weighted by atomic mass is 15.0. The van der Waals surface area contributed by atoms with Crippen LogP contribution in [0.4, 0.5) is 34.1 Å². The van der Waals surface area contributed by atoms with E-state index < -0.39 is 0 Å². The molecule has 1 aliphatic heterocycles. The average Bonchev–Trinajstić information content (AvgIpc) is 2.78. The van der Waals surface area contributed by atoms with Crippen LogP contribution in [-0.4, -0.2) is 0 Å². The Morgan fingerprint density at radius 3 is 2.52 bits per heavy atom. The summed E-state index contributed by atoms with van der Waals surface area (Å²) in [6, 6.07) is 18.6. The number of rotatable bonds is 2. The van der Waals surface area contributed by atoms with Crippen molar-refractivity contribution in [3.63, 3.8) is 0 Å². The van der Waals surface area contributed by atoms with E-state index in [1.165, 1.54) is 22.4 Å². The Kier molecular flexibility index (Phi) is 3.73. The van der Waals surface area contributed by atoms with E-state index in [1.807, 2.05) is 18.2 Å². The Balaban J connectivity index is 1.74. The first-order chi connectivity index (χ1) is 12.1. The van der Waals surface area contributed by atoms with Crippen molar-refractivity contribution in [1.82, 2.24) is 0 Å². The highest BCUT2D eigenvalue weighted by Gasteiger charge is 2.16. The van der Waals surface area contributed by atoms with Crippen LogP contribution < -0.4 is 21.7 Å². The molecule has 0 fully saturated rings. The summed E-state index contributed by atoms with van der Waals surface area (Å²) in [5.74, 6) is 0. The largest absolute Gasteiger partial charge is 0.397 e. The molecule has 1 aliphatic rings. The van der Waals surface area contributed by atoms with Crippen LogP contribution in [0.1, 0.15) is 16.7 Å². The van der Waals surface area contributed by atoms with Crippen LogP contribution in [-0.2, 0) is 6.54 Å². The molecule has 1 heterocycles. The minimum atomic E-state index is 0.721. The zero-order chi connectivity index (χ0) is 17.4. The topological polar surface area (TPSA) is 62.1 Å². The summed E-state index contributed by atoms with van der Waals surface area (Å²) in [4.78, 5) is 0. The molecule has 0 amide bonds. The number of fused-ring (bicyclic) bond motifs is 2. The number of hydrogen-bond acceptors (Lipinski definition) is 4. The van der Waals surface area contributed by atoms with Crippen molar-refractivity contribution in [3.8, 4) is 0 Å². The molecule has 25 heavy (non-hydrogen) atoms. The molecule has 0 aliphatic carbocycles. The van der Waals surface area contributed by atoms with Gasteiger partial charge < -0.3 is 21.7 Å². The lowest BCUT2D eigenvalue weighted by Crippen LogP contribution is -2.02. The molecule has 0 unspecified atom stereocenters. The maximum atomic E-state index is 6.30. The SMILES string of the molecule is Cc1ccccc1Nc1cc2c(cc1N)NCc1cccc(C)c1N2. The monoisotopic (exact) mass is 330 g/mol. The second-order valence-corrected chi connectivity index (χ2v) is 6.51. The second kappa shape index (κ2) is 6.06. The number of hydrogen-bond donors (Lipinski definition) is 4. The maximum Gasteiger partial charge on any atom is 0.0642 e. The second-order valence-electron chi connectivity index (χ2n) is 6.51. The third-order valence-electron chi connectivity index (χ3n) is 4.69. The van der Waals surface area contributed by atoms with Gasteiger partial charge >= 0.3 is 0 Å². The van der Waals surface area contributed by atoms with Gasteiger partial charge in [0.25, 0.3) is 0 Å². The van der Waals surface area contributed by atoms with Crippen molar-refractivity contribution in [1.29, 1.82) is 0 Å². The van der Waals surface area contributed by atoms with Crippen LogP contribution >= 0.6 is 0 Å². The average molecular weight is 330 g/mol. The van der Waals surface area contributed by atoms with E-state index >= 15 is 0 Å².